The van der Waals surface area contributed by atoms with Crippen molar-refractivity contribution in [3.05, 3.63) is 41.7 Å². The number of benzene rings is 1. The Hall–Kier alpha value is -2.12. The van der Waals surface area contributed by atoms with Crippen molar-refractivity contribution in [3.8, 4) is 5.75 Å². The number of fused-ring (bicyclic) bond motifs is 1. The van der Waals surface area contributed by atoms with E-state index >= 15 is 0 Å². The molecule has 2 aromatic rings. The molecule has 21 heavy (non-hydrogen) atoms. The molecule has 108 valence electrons. The molecule has 0 spiro atoms. The van der Waals surface area contributed by atoms with Gasteiger partial charge in [-0.3, -0.25) is 9.69 Å². The normalized spacial score (nSPS) is 17.0. The van der Waals surface area contributed by atoms with Crippen LogP contribution in [0.15, 0.2) is 35.6 Å². The van der Waals surface area contributed by atoms with Gasteiger partial charge in [0.05, 0.1) is 12.7 Å². The maximum Gasteiger partial charge on any atom is 0.279 e. The van der Waals surface area contributed by atoms with Gasteiger partial charge in [0.25, 0.3) is 5.91 Å². The highest BCUT2D eigenvalue weighted by Gasteiger charge is 2.38. The number of carbonyl (C=O) groups is 1. The van der Waals surface area contributed by atoms with E-state index in [1.54, 1.807) is 31.4 Å². The Morgan fingerprint density at radius 3 is 2.67 bits per heavy atom. The minimum atomic E-state index is -1.07. The second kappa shape index (κ2) is 5.34. The summed E-state index contributed by atoms with van der Waals surface area (Å²) in [5.74, 6) is 0.349. The van der Waals surface area contributed by atoms with Gasteiger partial charge in [-0.05, 0) is 30.5 Å². The van der Waals surface area contributed by atoms with Crippen LogP contribution in [0, 0.1) is 0 Å². The molecule has 1 N–H and O–H groups in total. The Morgan fingerprint density at radius 1 is 1.33 bits per heavy atom. The van der Waals surface area contributed by atoms with Gasteiger partial charge in [-0.1, -0.05) is 11.8 Å². The van der Waals surface area contributed by atoms with Crippen molar-refractivity contribution in [2.75, 3.05) is 18.3 Å². The Morgan fingerprint density at radius 2 is 2.05 bits per heavy atom. The van der Waals surface area contributed by atoms with Crippen molar-refractivity contribution in [2.45, 2.75) is 11.4 Å². The molecule has 1 aromatic carbocycles. The Bertz CT molecular complexity index is 690. The number of amides is 1. The second-order valence-electron chi connectivity index (χ2n) is 4.41. The number of aromatic nitrogens is 2. The van der Waals surface area contributed by atoms with E-state index < -0.39 is 6.23 Å². The summed E-state index contributed by atoms with van der Waals surface area (Å²) in [6.07, 6.45) is 2.26. The van der Waals surface area contributed by atoms with Gasteiger partial charge in [0.1, 0.15) is 11.4 Å². The highest BCUT2D eigenvalue weighted by atomic mass is 32.2. The molecule has 1 amide bonds. The number of anilines is 1. The van der Waals surface area contributed by atoms with Gasteiger partial charge in [-0.25, -0.2) is 9.97 Å². The summed E-state index contributed by atoms with van der Waals surface area (Å²) in [6.45, 7) is 0. The quantitative estimate of drug-likeness (QED) is 0.689. The zero-order valence-corrected chi connectivity index (χ0v) is 12.3. The highest BCUT2D eigenvalue weighted by molar-refractivity contribution is 7.98. The number of nitrogens with zero attached hydrogens (tertiary/aromatic N) is 3. The molecule has 1 unspecified atom stereocenters. The van der Waals surface area contributed by atoms with Crippen molar-refractivity contribution >= 4 is 23.4 Å². The first-order valence-corrected chi connectivity index (χ1v) is 7.44. The monoisotopic (exact) mass is 303 g/mol. The molecule has 0 bridgehead atoms. The van der Waals surface area contributed by atoms with E-state index in [1.807, 2.05) is 6.26 Å². The lowest BCUT2D eigenvalue weighted by Crippen LogP contribution is -2.27. The van der Waals surface area contributed by atoms with Gasteiger partial charge in [0, 0.05) is 11.9 Å². The van der Waals surface area contributed by atoms with E-state index in [0.717, 1.165) is 0 Å². The molecular formula is C14H13N3O3S. The third kappa shape index (κ3) is 2.24. The smallest absolute Gasteiger partial charge is 0.279 e. The zero-order valence-electron chi connectivity index (χ0n) is 11.5. The van der Waals surface area contributed by atoms with Gasteiger partial charge in [0.15, 0.2) is 11.4 Å². The topological polar surface area (TPSA) is 75.5 Å². The summed E-state index contributed by atoms with van der Waals surface area (Å²) in [7, 11) is 1.57. The first-order valence-electron chi connectivity index (χ1n) is 6.22. The van der Waals surface area contributed by atoms with Crippen LogP contribution in [0.2, 0.25) is 0 Å². The minimum absolute atomic E-state index is 0.248. The number of carbonyl (C=O) groups excluding carboxylic acids is 1. The largest absolute Gasteiger partial charge is 0.497 e. The maximum atomic E-state index is 12.5. The zero-order chi connectivity index (χ0) is 15.0. The molecule has 1 aliphatic heterocycles. The molecule has 7 heteroatoms. The molecule has 0 fully saturated rings. The fourth-order valence-corrected chi connectivity index (χ4v) is 2.54. The number of aliphatic hydroxyl groups excluding tert-OH is 1. The Kier molecular flexibility index (Phi) is 3.52. The Balaban J connectivity index is 2.00. The molecule has 1 atom stereocenters. The van der Waals surface area contributed by atoms with Crippen molar-refractivity contribution in [2.24, 2.45) is 0 Å². The standard InChI is InChI=1S/C14H13N3O3S/c1-20-9-5-3-8(4-6-9)17-12(18)10-7-15-14(21-2)16-11(10)13(17)19/h3-7,12,18H,1-2H3. The van der Waals surface area contributed by atoms with Crippen LogP contribution in [0.25, 0.3) is 0 Å². The lowest BCUT2D eigenvalue weighted by atomic mass is 10.2. The SMILES string of the molecule is COc1ccc(N2C(=O)c3nc(SC)ncc3C2O)cc1. The average molecular weight is 303 g/mol. The fourth-order valence-electron chi connectivity index (χ4n) is 2.20. The van der Waals surface area contributed by atoms with Crippen molar-refractivity contribution in [1.29, 1.82) is 0 Å². The van der Waals surface area contributed by atoms with Crippen LogP contribution in [-0.4, -0.2) is 34.3 Å². The molecule has 1 aliphatic rings. The number of ether oxygens (including phenoxy) is 1. The van der Waals surface area contributed by atoms with Crippen molar-refractivity contribution in [3.63, 3.8) is 0 Å². The molecule has 6 nitrogen and oxygen atoms in total. The maximum absolute atomic E-state index is 12.5. The van der Waals surface area contributed by atoms with Crippen LogP contribution < -0.4 is 9.64 Å². The lowest BCUT2D eigenvalue weighted by Gasteiger charge is -2.20. The number of methoxy groups -OCH3 is 1. The minimum Gasteiger partial charge on any atom is -0.497 e. The van der Waals surface area contributed by atoms with Crippen LogP contribution in [-0.2, 0) is 0 Å². The molecule has 0 saturated carbocycles. The van der Waals surface area contributed by atoms with Gasteiger partial charge in [0.2, 0.25) is 0 Å². The van der Waals surface area contributed by atoms with E-state index in [1.165, 1.54) is 22.9 Å². The first-order chi connectivity index (χ1) is 10.2. The van der Waals surface area contributed by atoms with Gasteiger partial charge >= 0.3 is 0 Å². The predicted octanol–water partition coefficient (Wildman–Crippen LogP) is 1.86. The van der Waals surface area contributed by atoms with E-state index in [9.17, 15) is 9.90 Å². The second-order valence-corrected chi connectivity index (χ2v) is 5.18. The van der Waals surface area contributed by atoms with Crippen molar-refractivity contribution < 1.29 is 14.6 Å². The number of hydrogen-bond acceptors (Lipinski definition) is 6. The van der Waals surface area contributed by atoms with Crippen LogP contribution in [0.1, 0.15) is 22.3 Å². The number of aliphatic hydroxyl groups is 1. The molecule has 0 aliphatic carbocycles. The summed E-state index contributed by atoms with van der Waals surface area (Å²) in [4.78, 5) is 22.1. The summed E-state index contributed by atoms with van der Waals surface area (Å²) >= 11 is 1.35. The van der Waals surface area contributed by atoms with Gasteiger partial charge < -0.3 is 9.84 Å². The van der Waals surface area contributed by atoms with Crippen LogP contribution >= 0.6 is 11.8 Å². The fraction of sp³-hybridized carbons (Fsp3) is 0.214. The van der Waals surface area contributed by atoms with E-state index in [4.69, 9.17) is 4.74 Å². The van der Waals surface area contributed by atoms with Gasteiger partial charge in [-0.2, -0.15) is 0 Å². The summed E-state index contributed by atoms with van der Waals surface area (Å²) < 4.78 is 5.09. The molecule has 1 aromatic heterocycles. The Labute approximate surface area is 125 Å². The predicted molar refractivity (Wildman–Crippen MR) is 78.6 cm³/mol. The summed E-state index contributed by atoms with van der Waals surface area (Å²) in [6, 6.07) is 6.90. The van der Waals surface area contributed by atoms with Gasteiger partial charge in [-0.15, -0.1) is 0 Å². The third-order valence-corrected chi connectivity index (χ3v) is 3.83. The van der Waals surface area contributed by atoms with E-state index in [-0.39, 0.29) is 11.6 Å². The molecule has 2 heterocycles. The number of hydrogen-bond donors (Lipinski definition) is 1. The number of rotatable bonds is 3. The molecule has 3 rings (SSSR count). The number of thioether (sulfide) groups is 1. The van der Waals surface area contributed by atoms with E-state index in [2.05, 4.69) is 9.97 Å². The van der Waals surface area contributed by atoms with Crippen LogP contribution in [0.4, 0.5) is 5.69 Å². The summed E-state index contributed by atoms with van der Waals surface area (Å²) in [5, 5.41) is 10.8. The third-order valence-electron chi connectivity index (χ3n) is 3.27. The van der Waals surface area contributed by atoms with E-state index in [0.29, 0.717) is 22.2 Å². The van der Waals surface area contributed by atoms with Crippen LogP contribution in [0.3, 0.4) is 0 Å². The van der Waals surface area contributed by atoms with Crippen molar-refractivity contribution in [1.82, 2.24) is 9.97 Å². The highest BCUT2D eigenvalue weighted by Crippen LogP contribution is 2.35. The molecule has 0 radical (unpaired) electrons. The first kappa shape index (κ1) is 13.8. The summed E-state index contributed by atoms with van der Waals surface area (Å²) in [5.41, 5.74) is 1.25. The molecular weight excluding hydrogens is 290 g/mol. The van der Waals surface area contributed by atoms with Crippen LogP contribution in [0.5, 0.6) is 5.75 Å². The lowest BCUT2D eigenvalue weighted by molar-refractivity contribution is 0.0932. The average Bonchev–Trinajstić information content (AvgIpc) is 2.78. The molecule has 0 saturated heterocycles.